The van der Waals surface area contributed by atoms with Crippen LogP contribution in [0.15, 0.2) is 47.4 Å². The Morgan fingerprint density at radius 2 is 1.92 bits per heavy atom. The van der Waals surface area contributed by atoms with Crippen molar-refractivity contribution in [1.82, 2.24) is 5.32 Å². The zero-order chi connectivity index (χ0) is 18.0. The van der Waals surface area contributed by atoms with Crippen molar-refractivity contribution in [1.29, 1.82) is 0 Å². The molecule has 0 aliphatic carbocycles. The monoisotopic (exact) mass is 358 g/mol. The summed E-state index contributed by atoms with van der Waals surface area (Å²) < 4.78 is 14.0. The molecule has 1 heterocycles. The van der Waals surface area contributed by atoms with E-state index in [0.29, 0.717) is 4.90 Å². The van der Waals surface area contributed by atoms with E-state index in [0.717, 1.165) is 29.0 Å². The van der Waals surface area contributed by atoms with Crippen molar-refractivity contribution in [2.45, 2.75) is 43.5 Å². The van der Waals surface area contributed by atoms with Gasteiger partial charge in [0.1, 0.15) is 5.82 Å². The minimum absolute atomic E-state index is 0.0684. The molecule has 3 rings (SSSR count). The van der Waals surface area contributed by atoms with Crippen LogP contribution < -0.4 is 10.6 Å². The van der Waals surface area contributed by atoms with Crippen LogP contribution in [0, 0.1) is 5.82 Å². The largest absolute Gasteiger partial charge is 0.331 e. The predicted octanol–water partition coefficient (Wildman–Crippen LogP) is 5.48. The maximum Gasteiger partial charge on any atom is 0.319 e. The molecule has 5 heteroatoms. The number of nitrogens with one attached hydrogen (secondary N) is 2. The van der Waals surface area contributed by atoms with Crippen LogP contribution in [0.2, 0.25) is 0 Å². The van der Waals surface area contributed by atoms with Crippen molar-refractivity contribution in [3.63, 3.8) is 0 Å². The Kier molecular flexibility index (Phi) is 5.04. The fourth-order valence-corrected chi connectivity index (χ4v) is 4.24. The van der Waals surface area contributed by atoms with E-state index in [9.17, 15) is 9.18 Å². The summed E-state index contributed by atoms with van der Waals surface area (Å²) in [6.07, 6.45) is 0.787. The number of para-hydroxylation sites is 1. The summed E-state index contributed by atoms with van der Waals surface area (Å²) in [7, 11) is 0. The molecule has 0 fully saturated rings. The molecule has 1 unspecified atom stereocenters. The fraction of sp³-hybridized carbons (Fsp3) is 0.350. The Hall–Kier alpha value is -2.01. The molecule has 0 saturated heterocycles. The van der Waals surface area contributed by atoms with Crippen molar-refractivity contribution in [2.75, 3.05) is 11.1 Å². The van der Waals surface area contributed by atoms with E-state index in [1.54, 1.807) is 6.07 Å². The molecule has 2 aromatic rings. The summed E-state index contributed by atoms with van der Waals surface area (Å²) in [4.78, 5) is 13.2. The second-order valence-electron chi connectivity index (χ2n) is 7.24. The third-order valence-corrected chi connectivity index (χ3v) is 5.47. The molecule has 1 atom stereocenters. The maximum absolute atomic E-state index is 14.0. The molecular weight excluding hydrogens is 335 g/mol. The highest BCUT2D eigenvalue weighted by atomic mass is 32.2. The van der Waals surface area contributed by atoms with Crippen molar-refractivity contribution >= 4 is 23.5 Å². The zero-order valence-corrected chi connectivity index (χ0v) is 15.5. The van der Waals surface area contributed by atoms with Gasteiger partial charge in [0.05, 0.1) is 6.04 Å². The molecule has 25 heavy (non-hydrogen) atoms. The van der Waals surface area contributed by atoms with E-state index < -0.39 is 0 Å². The highest BCUT2D eigenvalue weighted by Crippen LogP contribution is 2.37. The predicted molar refractivity (Wildman–Crippen MR) is 102 cm³/mol. The van der Waals surface area contributed by atoms with Crippen LogP contribution in [0.4, 0.5) is 14.9 Å². The number of hydrogen-bond donors (Lipinski definition) is 2. The second-order valence-corrected chi connectivity index (χ2v) is 8.35. The number of carbonyl (C=O) groups is 1. The molecule has 0 saturated carbocycles. The number of rotatable bonds is 2. The third kappa shape index (κ3) is 3.98. The van der Waals surface area contributed by atoms with E-state index in [1.807, 2.05) is 30.3 Å². The topological polar surface area (TPSA) is 41.1 Å². The van der Waals surface area contributed by atoms with E-state index in [4.69, 9.17) is 0 Å². The molecule has 0 bridgehead atoms. The summed E-state index contributed by atoms with van der Waals surface area (Å²) >= 11 is 1.51. The smallest absolute Gasteiger partial charge is 0.319 e. The number of amides is 2. The third-order valence-electron chi connectivity index (χ3n) is 4.31. The summed E-state index contributed by atoms with van der Waals surface area (Å²) in [5, 5.41) is 5.96. The molecule has 3 nitrogen and oxygen atoms in total. The highest BCUT2D eigenvalue weighted by Gasteiger charge is 2.25. The first kappa shape index (κ1) is 17.8. The van der Waals surface area contributed by atoms with Gasteiger partial charge in [0.2, 0.25) is 0 Å². The van der Waals surface area contributed by atoms with Crippen LogP contribution in [0.25, 0.3) is 0 Å². The van der Waals surface area contributed by atoms with Gasteiger partial charge in [-0.25, -0.2) is 9.18 Å². The summed E-state index contributed by atoms with van der Waals surface area (Å²) in [5.74, 6) is 0.574. The fourth-order valence-electron chi connectivity index (χ4n) is 3.10. The van der Waals surface area contributed by atoms with Gasteiger partial charge < -0.3 is 10.6 Å². The Morgan fingerprint density at radius 1 is 1.16 bits per heavy atom. The average Bonchev–Trinajstić information content (AvgIpc) is 2.55. The molecule has 2 amide bonds. The lowest BCUT2D eigenvalue weighted by Crippen LogP contribution is -2.35. The molecular formula is C20H23FN2OS. The number of fused-ring (bicyclic) bond motifs is 1. The van der Waals surface area contributed by atoms with Crippen molar-refractivity contribution < 1.29 is 9.18 Å². The normalized spacial score (nSPS) is 16.9. The standard InChI is InChI=1S/C20H23FN2OS/c1-20(2,3)14-8-4-5-10-17(14)23-19(24)22-16-11-12-25-18-13(16)7-6-9-15(18)21/h4-10,16H,11-12H2,1-3H3,(H2,22,23,24). The minimum Gasteiger partial charge on any atom is -0.331 e. The van der Waals surface area contributed by atoms with Crippen molar-refractivity contribution in [3.8, 4) is 0 Å². The molecule has 1 aliphatic rings. The quantitative estimate of drug-likeness (QED) is 0.746. The molecule has 2 aromatic carbocycles. The summed E-state index contributed by atoms with van der Waals surface area (Å²) in [5.41, 5.74) is 2.67. The van der Waals surface area contributed by atoms with Gasteiger partial charge in [-0.1, -0.05) is 51.1 Å². The number of halogens is 1. The molecule has 0 spiro atoms. The van der Waals surface area contributed by atoms with Crippen LogP contribution in [-0.2, 0) is 5.41 Å². The Morgan fingerprint density at radius 3 is 2.68 bits per heavy atom. The Labute approximate surface area is 152 Å². The lowest BCUT2D eigenvalue weighted by molar-refractivity contribution is 0.248. The van der Waals surface area contributed by atoms with E-state index in [2.05, 4.69) is 31.4 Å². The second kappa shape index (κ2) is 7.08. The number of carbonyl (C=O) groups excluding carboxylic acids is 1. The first-order valence-corrected chi connectivity index (χ1v) is 9.43. The van der Waals surface area contributed by atoms with E-state index in [1.165, 1.54) is 17.8 Å². The van der Waals surface area contributed by atoms with E-state index in [-0.39, 0.29) is 23.3 Å². The van der Waals surface area contributed by atoms with Gasteiger partial charge in [-0.05, 0) is 35.1 Å². The first-order chi connectivity index (χ1) is 11.9. The number of anilines is 1. The lowest BCUT2D eigenvalue weighted by Gasteiger charge is -2.27. The minimum atomic E-state index is -0.260. The van der Waals surface area contributed by atoms with Crippen molar-refractivity contribution in [3.05, 3.63) is 59.4 Å². The number of hydrogen-bond acceptors (Lipinski definition) is 2. The zero-order valence-electron chi connectivity index (χ0n) is 14.7. The van der Waals surface area contributed by atoms with Gasteiger partial charge in [-0.3, -0.25) is 0 Å². The Balaban J connectivity index is 1.76. The summed E-state index contributed by atoms with van der Waals surface area (Å²) in [6, 6.07) is 12.4. The molecule has 132 valence electrons. The maximum atomic E-state index is 14.0. The van der Waals surface area contributed by atoms with Gasteiger partial charge in [0, 0.05) is 16.3 Å². The molecule has 2 N–H and O–H groups in total. The molecule has 0 radical (unpaired) electrons. The lowest BCUT2D eigenvalue weighted by atomic mass is 9.86. The van der Waals surface area contributed by atoms with E-state index >= 15 is 0 Å². The Bertz CT molecular complexity index is 786. The highest BCUT2D eigenvalue weighted by molar-refractivity contribution is 7.99. The average molecular weight is 358 g/mol. The van der Waals surface area contributed by atoms with Gasteiger partial charge in [-0.15, -0.1) is 11.8 Å². The van der Waals surface area contributed by atoms with Gasteiger partial charge in [0.15, 0.2) is 0 Å². The van der Waals surface area contributed by atoms with Crippen molar-refractivity contribution in [2.24, 2.45) is 0 Å². The SMILES string of the molecule is CC(C)(C)c1ccccc1NC(=O)NC1CCSc2c(F)cccc21. The van der Waals surface area contributed by atoms with Gasteiger partial charge in [-0.2, -0.15) is 0 Å². The molecule has 1 aliphatic heterocycles. The summed E-state index contributed by atoms with van der Waals surface area (Å²) in [6.45, 7) is 6.34. The van der Waals surface area contributed by atoms with Crippen LogP contribution in [0.5, 0.6) is 0 Å². The molecule has 0 aromatic heterocycles. The van der Waals surface area contributed by atoms with Gasteiger partial charge in [0.25, 0.3) is 0 Å². The van der Waals surface area contributed by atoms with Crippen LogP contribution in [-0.4, -0.2) is 11.8 Å². The van der Waals surface area contributed by atoms with Crippen LogP contribution >= 0.6 is 11.8 Å². The number of thioether (sulfide) groups is 1. The number of urea groups is 1. The van der Waals surface area contributed by atoms with Crippen LogP contribution in [0.1, 0.15) is 44.4 Å². The van der Waals surface area contributed by atoms with Crippen LogP contribution in [0.3, 0.4) is 0 Å². The van der Waals surface area contributed by atoms with Gasteiger partial charge >= 0.3 is 6.03 Å². The first-order valence-electron chi connectivity index (χ1n) is 8.44. The number of benzene rings is 2.